The summed E-state index contributed by atoms with van der Waals surface area (Å²) in [5.41, 5.74) is 5.83. The molecular weight excluding hydrogens is 296 g/mol. The van der Waals surface area contributed by atoms with Gasteiger partial charge in [-0.05, 0) is 38.5 Å². The van der Waals surface area contributed by atoms with Crippen molar-refractivity contribution in [3.05, 3.63) is 58.4 Å². The van der Waals surface area contributed by atoms with Crippen molar-refractivity contribution in [1.29, 1.82) is 0 Å². The topological polar surface area (TPSA) is 53.6 Å². The standard InChI is InChI=1S/C17H17ClN4/c1-10-8-17(22-21-10)20-15-9-16(19-12(3)11(15)2)13-6-4-5-7-14(13)18/h4-9H,1-3H3,(H2,19,20,21,22). The summed E-state index contributed by atoms with van der Waals surface area (Å²) in [4.78, 5) is 4.66. The van der Waals surface area contributed by atoms with Gasteiger partial charge in [-0.25, -0.2) is 0 Å². The van der Waals surface area contributed by atoms with E-state index in [1.54, 1.807) is 0 Å². The summed E-state index contributed by atoms with van der Waals surface area (Å²) in [5, 5.41) is 11.2. The summed E-state index contributed by atoms with van der Waals surface area (Å²) in [6.45, 7) is 6.01. The van der Waals surface area contributed by atoms with Crippen LogP contribution in [0.3, 0.4) is 0 Å². The molecule has 2 heterocycles. The minimum atomic E-state index is 0.694. The van der Waals surface area contributed by atoms with Gasteiger partial charge in [-0.3, -0.25) is 10.1 Å². The molecule has 22 heavy (non-hydrogen) atoms. The van der Waals surface area contributed by atoms with E-state index in [1.807, 2.05) is 57.2 Å². The number of hydrogen-bond acceptors (Lipinski definition) is 3. The first-order valence-corrected chi connectivity index (χ1v) is 7.44. The molecule has 1 aromatic carbocycles. The van der Waals surface area contributed by atoms with Gasteiger partial charge in [0.25, 0.3) is 0 Å². The highest BCUT2D eigenvalue weighted by atomic mass is 35.5. The Labute approximate surface area is 134 Å². The third kappa shape index (κ3) is 2.83. The van der Waals surface area contributed by atoms with Gasteiger partial charge in [0.15, 0.2) is 5.82 Å². The number of nitrogens with one attached hydrogen (secondary N) is 2. The van der Waals surface area contributed by atoms with Crippen molar-refractivity contribution in [1.82, 2.24) is 15.2 Å². The first kappa shape index (κ1) is 14.6. The molecule has 0 aliphatic heterocycles. The number of aryl methyl sites for hydroxylation is 2. The zero-order valence-electron chi connectivity index (χ0n) is 12.7. The van der Waals surface area contributed by atoms with Crippen LogP contribution in [0.25, 0.3) is 11.3 Å². The van der Waals surface area contributed by atoms with E-state index >= 15 is 0 Å². The molecule has 112 valence electrons. The Balaban J connectivity index is 2.05. The Hall–Kier alpha value is -2.33. The number of aromatic nitrogens is 3. The lowest BCUT2D eigenvalue weighted by atomic mass is 10.1. The van der Waals surface area contributed by atoms with E-state index in [0.717, 1.165) is 39.7 Å². The van der Waals surface area contributed by atoms with Crippen molar-refractivity contribution in [3.63, 3.8) is 0 Å². The van der Waals surface area contributed by atoms with Crippen LogP contribution in [0, 0.1) is 20.8 Å². The van der Waals surface area contributed by atoms with Gasteiger partial charge in [0.2, 0.25) is 0 Å². The van der Waals surface area contributed by atoms with Crippen molar-refractivity contribution in [2.75, 3.05) is 5.32 Å². The minimum Gasteiger partial charge on any atom is -0.338 e. The van der Waals surface area contributed by atoms with Gasteiger partial charge < -0.3 is 5.32 Å². The van der Waals surface area contributed by atoms with Gasteiger partial charge in [-0.2, -0.15) is 5.10 Å². The highest BCUT2D eigenvalue weighted by Gasteiger charge is 2.11. The van der Waals surface area contributed by atoms with Crippen molar-refractivity contribution >= 4 is 23.1 Å². The molecule has 4 nitrogen and oxygen atoms in total. The summed E-state index contributed by atoms with van der Waals surface area (Å²) in [6.07, 6.45) is 0. The molecule has 0 bridgehead atoms. The van der Waals surface area contributed by atoms with Crippen LogP contribution in [0.15, 0.2) is 36.4 Å². The van der Waals surface area contributed by atoms with Crippen LogP contribution in [0.4, 0.5) is 11.5 Å². The third-order valence-corrected chi connectivity index (χ3v) is 3.96. The molecule has 0 amide bonds. The Kier molecular flexibility index (Phi) is 3.86. The van der Waals surface area contributed by atoms with Crippen molar-refractivity contribution in [2.24, 2.45) is 0 Å². The molecule has 0 radical (unpaired) electrons. The van der Waals surface area contributed by atoms with E-state index in [0.29, 0.717) is 5.02 Å². The number of anilines is 2. The van der Waals surface area contributed by atoms with Crippen LogP contribution in [0.1, 0.15) is 17.0 Å². The van der Waals surface area contributed by atoms with Gasteiger partial charge >= 0.3 is 0 Å². The van der Waals surface area contributed by atoms with Crippen LogP contribution < -0.4 is 5.32 Å². The number of pyridine rings is 1. The summed E-state index contributed by atoms with van der Waals surface area (Å²) in [7, 11) is 0. The number of halogens is 1. The lowest BCUT2D eigenvalue weighted by Gasteiger charge is -2.13. The monoisotopic (exact) mass is 312 g/mol. The molecule has 0 unspecified atom stereocenters. The van der Waals surface area contributed by atoms with Gasteiger partial charge in [-0.1, -0.05) is 29.8 Å². The lowest BCUT2D eigenvalue weighted by Crippen LogP contribution is -1.99. The Morgan fingerprint density at radius 3 is 2.55 bits per heavy atom. The molecule has 0 fully saturated rings. The van der Waals surface area contributed by atoms with Gasteiger partial charge in [0.05, 0.1) is 5.69 Å². The summed E-state index contributed by atoms with van der Waals surface area (Å²) >= 11 is 6.29. The fourth-order valence-corrected chi connectivity index (χ4v) is 2.53. The zero-order valence-corrected chi connectivity index (χ0v) is 13.5. The molecule has 2 N–H and O–H groups in total. The Morgan fingerprint density at radius 1 is 1.09 bits per heavy atom. The average molecular weight is 313 g/mol. The molecule has 3 rings (SSSR count). The summed E-state index contributed by atoms with van der Waals surface area (Å²) in [5.74, 6) is 0.788. The maximum atomic E-state index is 6.29. The van der Waals surface area contributed by atoms with Gasteiger partial charge in [0, 0.05) is 33.7 Å². The van der Waals surface area contributed by atoms with Crippen LogP contribution in [-0.2, 0) is 0 Å². The van der Waals surface area contributed by atoms with E-state index in [4.69, 9.17) is 11.6 Å². The first-order chi connectivity index (χ1) is 10.5. The predicted octanol–water partition coefficient (Wildman–Crippen LogP) is 4.79. The smallest absolute Gasteiger partial charge is 0.152 e. The second kappa shape index (κ2) is 5.81. The van der Waals surface area contributed by atoms with Crippen molar-refractivity contribution in [3.8, 4) is 11.3 Å². The normalized spacial score (nSPS) is 10.7. The quantitative estimate of drug-likeness (QED) is 0.730. The fourth-order valence-electron chi connectivity index (χ4n) is 2.29. The van der Waals surface area contributed by atoms with Crippen LogP contribution in [0.5, 0.6) is 0 Å². The van der Waals surface area contributed by atoms with E-state index in [9.17, 15) is 0 Å². The second-order valence-electron chi connectivity index (χ2n) is 5.31. The molecule has 0 aliphatic carbocycles. The lowest BCUT2D eigenvalue weighted by molar-refractivity contribution is 1.05. The van der Waals surface area contributed by atoms with E-state index in [1.165, 1.54) is 0 Å². The molecule has 5 heteroatoms. The fraction of sp³-hybridized carbons (Fsp3) is 0.176. The molecular formula is C17H17ClN4. The van der Waals surface area contributed by atoms with E-state index in [2.05, 4.69) is 20.5 Å². The number of benzene rings is 1. The van der Waals surface area contributed by atoms with Crippen LogP contribution in [-0.4, -0.2) is 15.2 Å². The number of H-pyrrole nitrogens is 1. The van der Waals surface area contributed by atoms with Crippen molar-refractivity contribution in [2.45, 2.75) is 20.8 Å². The van der Waals surface area contributed by atoms with Crippen LogP contribution in [0.2, 0.25) is 5.02 Å². The molecule has 2 aromatic heterocycles. The number of nitrogens with zero attached hydrogens (tertiary/aromatic N) is 2. The van der Waals surface area contributed by atoms with Gasteiger partial charge in [-0.15, -0.1) is 0 Å². The molecule has 3 aromatic rings. The highest BCUT2D eigenvalue weighted by molar-refractivity contribution is 6.33. The van der Waals surface area contributed by atoms with E-state index in [-0.39, 0.29) is 0 Å². The first-order valence-electron chi connectivity index (χ1n) is 7.07. The average Bonchev–Trinajstić information content (AvgIpc) is 2.89. The predicted molar refractivity (Wildman–Crippen MR) is 90.8 cm³/mol. The molecule has 0 aliphatic rings. The highest BCUT2D eigenvalue weighted by Crippen LogP contribution is 2.31. The maximum Gasteiger partial charge on any atom is 0.152 e. The number of aromatic amines is 1. The third-order valence-electron chi connectivity index (χ3n) is 3.63. The second-order valence-corrected chi connectivity index (χ2v) is 5.71. The van der Waals surface area contributed by atoms with E-state index < -0.39 is 0 Å². The van der Waals surface area contributed by atoms with Gasteiger partial charge in [0.1, 0.15) is 0 Å². The Morgan fingerprint density at radius 2 is 1.86 bits per heavy atom. The minimum absolute atomic E-state index is 0.694. The SMILES string of the molecule is Cc1cc(Nc2cc(-c3ccccc3Cl)nc(C)c2C)n[nH]1. The zero-order chi connectivity index (χ0) is 15.7. The maximum absolute atomic E-state index is 6.29. The summed E-state index contributed by atoms with van der Waals surface area (Å²) < 4.78 is 0. The largest absolute Gasteiger partial charge is 0.338 e. The van der Waals surface area contributed by atoms with Crippen molar-refractivity contribution < 1.29 is 0 Å². The van der Waals surface area contributed by atoms with Crippen LogP contribution >= 0.6 is 11.6 Å². The summed E-state index contributed by atoms with van der Waals surface area (Å²) in [6, 6.07) is 11.7. The molecule has 0 saturated carbocycles. The number of rotatable bonds is 3. The molecule has 0 atom stereocenters. The molecule has 0 saturated heterocycles. The number of hydrogen-bond donors (Lipinski definition) is 2. The Bertz CT molecular complexity index is 823. The molecule has 0 spiro atoms.